The first-order valence-corrected chi connectivity index (χ1v) is 3.02. The van der Waals surface area contributed by atoms with Gasteiger partial charge in [0.15, 0.2) is 5.71 Å². The van der Waals surface area contributed by atoms with Gasteiger partial charge in [-0.3, -0.25) is 0 Å². The minimum atomic E-state index is -4.41. The second kappa shape index (κ2) is 2.26. The van der Waals surface area contributed by atoms with E-state index in [0.29, 0.717) is 0 Å². The van der Waals surface area contributed by atoms with Crippen molar-refractivity contribution in [3.63, 3.8) is 0 Å². The lowest BCUT2D eigenvalue weighted by Crippen LogP contribution is -2.21. The van der Waals surface area contributed by atoms with E-state index in [4.69, 9.17) is 0 Å². The first-order chi connectivity index (χ1) is 4.52. The summed E-state index contributed by atoms with van der Waals surface area (Å²) < 4.78 is 35.1. The Labute approximate surface area is 62.9 Å². The molecule has 1 heterocycles. The van der Waals surface area contributed by atoms with Gasteiger partial charge in [0.25, 0.3) is 0 Å². The fourth-order valence-electron chi connectivity index (χ4n) is 0.438. The van der Waals surface area contributed by atoms with E-state index < -0.39 is 11.9 Å². The lowest BCUT2D eigenvalue weighted by molar-refractivity contribution is -0.0578. The average molecular weight is 214 g/mol. The normalized spacial score (nSPS) is 18.0. The molecule has 0 aromatic rings. The molecule has 0 aromatic heterocycles. The zero-order valence-electron chi connectivity index (χ0n) is 4.48. The number of allylic oxidation sites excluding steroid dienone is 1. The van der Waals surface area contributed by atoms with E-state index in [9.17, 15) is 13.2 Å². The van der Waals surface area contributed by atoms with Gasteiger partial charge in [-0.25, -0.2) is 0 Å². The molecule has 0 spiro atoms. The van der Waals surface area contributed by atoms with Crippen LogP contribution in [0, 0.1) is 0 Å². The highest BCUT2D eigenvalue weighted by Gasteiger charge is 2.39. The zero-order chi connectivity index (χ0) is 7.78. The highest BCUT2D eigenvalue weighted by molar-refractivity contribution is 9.12. The third kappa shape index (κ3) is 1.31. The van der Waals surface area contributed by atoms with Gasteiger partial charge in [0.1, 0.15) is 0 Å². The van der Waals surface area contributed by atoms with Crippen LogP contribution in [0.3, 0.4) is 0 Å². The summed E-state index contributed by atoms with van der Waals surface area (Å²) in [4.78, 5) is 0. The van der Waals surface area contributed by atoms with Crippen molar-refractivity contribution >= 4 is 21.6 Å². The molecule has 0 fully saturated rings. The third-order valence-corrected chi connectivity index (χ3v) is 1.40. The Morgan fingerprint density at radius 3 is 2.20 bits per heavy atom. The maximum atomic E-state index is 11.7. The second-order valence-electron chi connectivity index (χ2n) is 1.54. The molecule has 0 saturated heterocycles. The molecule has 0 saturated carbocycles. The van der Waals surface area contributed by atoms with Crippen molar-refractivity contribution in [3.05, 3.63) is 10.7 Å². The van der Waals surface area contributed by atoms with Crippen molar-refractivity contribution < 1.29 is 13.2 Å². The number of halogens is 4. The standard InChI is InChI=1S/C4HBrF3N2/c5-2-1-9-10-3(2)4(6,7)8/h1H. The van der Waals surface area contributed by atoms with E-state index in [-0.39, 0.29) is 4.48 Å². The Hall–Kier alpha value is -0.520. The second-order valence-corrected chi connectivity index (χ2v) is 2.39. The molecule has 2 nitrogen and oxygen atoms in total. The fraction of sp³-hybridized carbons (Fsp3) is 0.250. The molecule has 0 atom stereocenters. The third-order valence-electron chi connectivity index (χ3n) is 0.824. The molecular formula is C4HBrF3N2. The Bertz CT molecular complexity index is 205. The summed E-state index contributed by atoms with van der Waals surface area (Å²) in [7, 11) is 0. The average Bonchev–Trinajstić information content (AvgIpc) is 2.11. The first-order valence-electron chi connectivity index (χ1n) is 2.23. The van der Waals surface area contributed by atoms with Crippen molar-refractivity contribution in [1.82, 2.24) is 5.43 Å². The van der Waals surface area contributed by atoms with Gasteiger partial charge < -0.3 is 0 Å². The van der Waals surface area contributed by atoms with Crippen molar-refractivity contribution in [3.8, 4) is 0 Å². The van der Waals surface area contributed by atoms with E-state index in [1.165, 1.54) is 0 Å². The van der Waals surface area contributed by atoms with Crippen LogP contribution < -0.4 is 5.43 Å². The van der Waals surface area contributed by atoms with Crippen LogP contribution in [-0.2, 0) is 0 Å². The number of hydrogen-bond donors (Lipinski definition) is 0. The van der Waals surface area contributed by atoms with Crippen molar-refractivity contribution in [2.24, 2.45) is 5.10 Å². The molecule has 6 heteroatoms. The molecule has 0 aromatic carbocycles. The Kier molecular flexibility index (Phi) is 1.72. The van der Waals surface area contributed by atoms with E-state index in [1.54, 1.807) is 0 Å². The van der Waals surface area contributed by atoms with Gasteiger partial charge >= 0.3 is 6.18 Å². The summed E-state index contributed by atoms with van der Waals surface area (Å²) >= 11 is 2.66. The summed E-state index contributed by atoms with van der Waals surface area (Å²) in [6, 6.07) is 0. The van der Waals surface area contributed by atoms with E-state index in [2.05, 4.69) is 26.5 Å². The Morgan fingerprint density at radius 1 is 1.40 bits per heavy atom. The molecule has 1 aliphatic rings. The number of nitrogens with zero attached hydrogens (tertiary/aromatic N) is 2. The van der Waals surface area contributed by atoms with Crippen LogP contribution in [0.15, 0.2) is 15.8 Å². The predicted molar refractivity (Wildman–Crippen MR) is 32.6 cm³/mol. The quantitative estimate of drug-likeness (QED) is 0.587. The summed E-state index contributed by atoms with van der Waals surface area (Å²) in [5, 5.41) is 2.87. The lowest BCUT2D eigenvalue weighted by atomic mass is 10.4. The van der Waals surface area contributed by atoms with E-state index >= 15 is 0 Å². The van der Waals surface area contributed by atoms with Gasteiger partial charge in [-0.1, -0.05) is 0 Å². The van der Waals surface area contributed by atoms with Crippen LogP contribution in [0.4, 0.5) is 13.2 Å². The van der Waals surface area contributed by atoms with Gasteiger partial charge in [-0.15, -0.1) is 5.10 Å². The smallest absolute Gasteiger partial charge is 0.164 e. The summed E-state index contributed by atoms with van der Waals surface area (Å²) in [5.41, 5.74) is 2.09. The molecule has 0 amide bonds. The van der Waals surface area contributed by atoms with Crippen LogP contribution in [0.5, 0.6) is 0 Å². The van der Waals surface area contributed by atoms with Crippen LogP contribution in [0.25, 0.3) is 0 Å². The molecule has 0 bridgehead atoms. The summed E-state index contributed by atoms with van der Waals surface area (Å²) in [6.45, 7) is 0. The molecule has 10 heavy (non-hydrogen) atoms. The number of hydrogen-bond acceptors (Lipinski definition) is 1. The molecule has 1 radical (unpaired) electrons. The van der Waals surface area contributed by atoms with Gasteiger partial charge in [0.05, 0.1) is 10.7 Å². The molecule has 0 aliphatic carbocycles. The first kappa shape index (κ1) is 7.59. The van der Waals surface area contributed by atoms with E-state index in [0.717, 1.165) is 6.20 Å². The van der Waals surface area contributed by atoms with Gasteiger partial charge in [-0.2, -0.15) is 18.6 Å². The molecular weight excluding hydrogens is 213 g/mol. The Balaban J connectivity index is 2.85. The van der Waals surface area contributed by atoms with Crippen molar-refractivity contribution in [2.45, 2.75) is 6.18 Å². The SMILES string of the molecule is FC(F)(F)C1=N[N]C=C1Br. The van der Waals surface area contributed by atoms with E-state index in [1.807, 2.05) is 0 Å². The van der Waals surface area contributed by atoms with Crippen LogP contribution in [0.2, 0.25) is 0 Å². The monoisotopic (exact) mass is 213 g/mol. The van der Waals surface area contributed by atoms with Crippen molar-refractivity contribution in [2.75, 3.05) is 0 Å². The van der Waals surface area contributed by atoms with Crippen LogP contribution in [-0.4, -0.2) is 11.9 Å². The molecule has 0 N–H and O–H groups in total. The lowest BCUT2D eigenvalue weighted by Gasteiger charge is -2.02. The molecule has 0 unspecified atom stereocenters. The molecule has 1 rings (SSSR count). The van der Waals surface area contributed by atoms with Crippen LogP contribution in [0.1, 0.15) is 0 Å². The molecule has 55 valence electrons. The zero-order valence-corrected chi connectivity index (χ0v) is 6.07. The highest BCUT2D eigenvalue weighted by Crippen LogP contribution is 2.27. The Morgan fingerprint density at radius 2 is 2.00 bits per heavy atom. The maximum Gasteiger partial charge on any atom is 0.436 e. The van der Waals surface area contributed by atoms with Gasteiger partial charge in [-0.05, 0) is 15.9 Å². The fourth-order valence-corrected chi connectivity index (χ4v) is 0.834. The largest absolute Gasteiger partial charge is 0.436 e. The van der Waals surface area contributed by atoms with Gasteiger partial charge in [0, 0.05) is 0 Å². The highest BCUT2D eigenvalue weighted by atomic mass is 79.9. The van der Waals surface area contributed by atoms with Crippen molar-refractivity contribution in [1.29, 1.82) is 0 Å². The molecule has 1 aliphatic heterocycles. The van der Waals surface area contributed by atoms with Crippen LogP contribution >= 0.6 is 15.9 Å². The summed E-state index contributed by atoms with van der Waals surface area (Å²) in [6.07, 6.45) is -3.40. The number of rotatable bonds is 0. The minimum Gasteiger partial charge on any atom is -0.164 e. The minimum absolute atomic E-state index is 0.125. The maximum absolute atomic E-state index is 11.7. The van der Waals surface area contributed by atoms with Gasteiger partial charge in [0.2, 0.25) is 0 Å². The topological polar surface area (TPSA) is 26.5 Å². The predicted octanol–water partition coefficient (Wildman–Crippen LogP) is 1.76. The number of alkyl halides is 3. The summed E-state index contributed by atoms with van der Waals surface area (Å²) in [5.74, 6) is 0.